The molecule has 0 heterocycles. The highest BCUT2D eigenvalue weighted by molar-refractivity contribution is 5.20. The molecule has 0 aromatic heterocycles. The smallest absolute Gasteiger partial charge is 0.123 e. The van der Waals surface area contributed by atoms with Gasteiger partial charge in [-0.2, -0.15) is 0 Å². The van der Waals surface area contributed by atoms with Crippen LogP contribution in [0.25, 0.3) is 0 Å². The molecule has 1 N–H and O–H groups in total. The van der Waals surface area contributed by atoms with Gasteiger partial charge < -0.3 is 5.11 Å². The van der Waals surface area contributed by atoms with Gasteiger partial charge in [0.25, 0.3) is 0 Å². The molecule has 0 fully saturated rings. The lowest BCUT2D eigenvalue weighted by atomic mass is 9.89. The van der Waals surface area contributed by atoms with E-state index in [9.17, 15) is 9.50 Å². The van der Waals surface area contributed by atoms with Crippen molar-refractivity contribution in [2.75, 3.05) is 0 Å². The molecule has 1 aromatic rings. The molecule has 0 saturated carbocycles. The van der Waals surface area contributed by atoms with Crippen LogP contribution in [0.3, 0.4) is 0 Å². The summed E-state index contributed by atoms with van der Waals surface area (Å²) in [5.41, 5.74) is 0.979. The van der Waals surface area contributed by atoms with Crippen LogP contribution in [0, 0.1) is 11.7 Å². The maximum Gasteiger partial charge on any atom is 0.123 e. The summed E-state index contributed by atoms with van der Waals surface area (Å²) in [7, 11) is 0. The van der Waals surface area contributed by atoms with Crippen molar-refractivity contribution in [2.45, 2.75) is 32.8 Å². The molecule has 1 rings (SSSR count). The van der Waals surface area contributed by atoms with Gasteiger partial charge in [-0.05, 0) is 23.6 Å². The van der Waals surface area contributed by atoms with E-state index in [1.54, 1.807) is 12.1 Å². The molecular formula is C12H17FO. The Morgan fingerprint density at radius 1 is 1.07 bits per heavy atom. The number of hydrogen-bond donors (Lipinski definition) is 1. The van der Waals surface area contributed by atoms with E-state index in [4.69, 9.17) is 0 Å². The van der Waals surface area contributed by atoms with Gasteiger partial charge in [-0.25, -0.2) is 4.39 Å². The average Bonchev–Trinajstić information content (AvgIpc) is 2.16. The van der Waals surface area contributed by atoms with Gasteiger partial charge in [0.2, 0.25) is 0 Å². The Morgan fingerprint density at radius 3 is 2.00 bits per heavy atom. The molecule has 0 bridgehead atoms. The van der Waals surface area contributed by atoms with Crippen LogP contribution in [0.15, 0.2) is 24.3 Å². The lowest BCUT2D eigenvalue weighted by Crippen LogP contribution is -2.21. The number of aliphatic hydroxyl groups excluding tert-OH is 1. The lowest BCUT2D eigenvalue weighted by molar-refractivity contribution is 0.102. The first-order chi connectivity index (χ1) is 6.52. The van der Waals surface area contributed by atoms with Crippen LogP contribution in [-0.2, 0) is 0 Å². The third-order valence-corrected chi connectivity index (χ3v) is 2.59. The van der Waals surface area contributed by atoms with E-state index in [0.29, 0.717) is 0 Å². The molecule has 2 atom stereocenters. The quantitative estimate of drug-likeness (QED) is 0.788. The summed E-state index contributed by atoms with van der Waals surface area (Å²) in [6.45, 7) is 5.91. The fourth-order valence-corrected chi connectivity index (χ4v) is 1.54. The Balaban J connectivity index is 2.78. The van der Waals surface area contributed by atoms with Crippen molar-refractivity contribution in [2.24, 2.45) is 5.92 Å². The topological polar surface area (TPSA) is 20.2 Å². The van der Waals surface area contributed by atoms with E-state index in [-0.39, 0.29) is 23.8 Å². The molecule has 0 spiro atoms. The van der Waals surface area contributed by atoms with Crippen LogP contribution in [0.4, 0.5) is 4.39 Å². The van der Waals surface area contributed by atoms with Crippen LogP contribution < -0.4 is 0 Å². The standard InChI is InChI=1S/C12H17FO/c1-8(2)12(14)9(3)10-4-6-11(13)7-5-10/h4-9,12,14H,1-3H3. The first-order valence-corrected chi connectivity index (χ1v) is 4.96. The lowest BCUT2D eigenvalue weighted by Gasteiger charge is -2.22. The maximum absolute atomic E-state index is 12.6. The van der Waals surface area contributed by atoms with Gasteiger partial charge in [-0.3, -0.25) is 0 Å². The summed E-state index contributed by atoms with van der Waals surface area (Å²) < 4.78 is 12.6. The van der Waals surface area contributed by atoms with Gasteiger partial charge in [0, 0.05) is 5.92 Å². The highest BCUT2D eigenvalue weighted by Gasteiger charge is 2.19. The van der Waals surface area contributed by atoms with E-state index >= 15 is 0 Å². The van der Waals surface area contributed by atoms with Crippen molar-refractivity contribution < 1.29 is 9.50 Å². The summed E-state index contributed by atoms with van der Waals surface area (Å²) in [4.78, 5) is 0. The van der Waals surface area contributed by atoms with Crippen molar-refractivity contribution in [3.8, 4) is 0 Å². The molecule has 0 aliphatic heterocycles. The highest BCUT2D eigenvalue weighted by Crippen LogP contribution is 2.23. The normalized spacial score (nSPS) is 15.6. The van der Waals surface area contributed by atoms with Crippen molar-refractivity contribution in [1.29, 1.82) is 0 Å². The Bertz CT molecular complexity index is 279. The average molecular weight is 196 g/mol. The molecule has 78 valence electrons. The molecule has 0 aliphatic carbocycles. The largest absolute Gasteiger partial charge is 0.392 e. The monoisotopic (exact) mass is 196 g/mol. The van der Waals surface area contributed by atoms with Crippen LogP contribution in [-0.4, -0.2) is 11.2 Å². The second kappa shape index (κ2) is 4.56. The summed E-state index contributed by atoms with van der Waals surface area (Å²) in [5.74, 6) is 0.0330. The molecule has 0 radical (unpaired) electrons. The molecular weight excluding hydrogens is 179 g/mol. The minimum atomic E-state index is -0.375. The zero-order chi connectivity index (χ0) is 10.7. The number of halogens is 1. The van der Waals surface area contributed by atoms with Gasteiger partial charge in [0.15, 0.2) is 0 Å². The summed E-state index contributed by atoms with van der Waals surface area (Å²) in [5, 5.41) is 9.82. The van der Waals surface area contributed by atoms with E-state index < -0.39 is 0 Å². The second-order valence-electron chi connectivity index (χ2n) is 4.07. The van der Waals surface area contributed by atoms with Gasteiger partial charge >= 0.3 is 0 Å². The Hall–Kier alpha value is -0.890. The zero-order valence-electron chi connectivity index (χ0n) is 8.87. The van der Waals surface area contributed by atoms with Crippen LogP contribution in [0.5, 0.6) is 0 Å². The van der Waals surface area contributed by atoms with Crippen LogP contribution in [0.2, 0.25) is 0 Å². The zero-order valence-corrected chi connectivity index (χ0v) is 8.87. The molecule has 2 unspecified atom stereocenters. The van der Waals surface area contributed by atoms with Gasteiger partial charge in [-0.15, -0.1) is 0 Å². The maximum atomic E-state index is 12.6. The van der Waals surface area contributed by atoms with Crippen molar-refractivity contribution in [3.05, 3.63) is 35.6 Å². The number of benzene rings is 1. The molecule has 0 aliphatic rings. The fraction of sp³-hybridized carbons (Fsp3) is 0.500. The van der Waals surface area contributed by atoms with Gasteiger partial charge in [0.1, 0.15) is 5.82 Å². The Morgan fingerprint density at radius 2 is 1.57 bits per heavy atom. The Kier molecular flexibility index (Phi) is 3.64. The Labute approximate surface area is 84.6 Å². The molecule has 0 saturated heterocycles. The van der Waals surface area contributed by atoms with E-state index in [1.807, 2.05) is 20.8 Å². The molecule has 2 heteroatoms. The molecule has 0 amide bonds. The summed E-state index contributed by atoms with van der Waals surface area (Å²) >= 11 is 0. The number of rotatable bonds is 3. The van der Waals surface area contributed by atoms with Crippen LogP contribution in [0.1, 0.15) is 32.3 Å². The SMILES string of the molecule is CC(C)C(O)C(C)c1ccc(F)cc1. The second-order valence-corrected chi connectivity index (χ2v) is 4.07. The first kappa shape index (κ1) is 11.2. The van der Waals surface area contributed by atoms with E-state index in [2.05, 4.69) is 0 Å². The molecule has 14 heavy (non-hydrogen) atoms. The van der Waals surface area contributed by atoms with E-state index in [0.717, 1.165) is 5.56 Å². The summed E-state index contributed by atoms with van der Waals surface area (Å²) in [6.07, 6.45) is -0.375. The van der Waals surface area contributed by atoms with Gasteiger partial charge in [0.05, 0.1) is 6.10 Å². The minimum absolute atomic E-state index is 0.0515. The highest BCUT2D eigenvalue weighted by atomic mass is 19.1. The van der Waals surface area contributed by atoms with Crippen LogP contribution >= 0.6 is 0 Å². The number of aliphatic hydroxyl groups is 1. The van der Waals surface area contributed by atoms with Crippen molar-refractivity contribution in [3.63, 3.8) is 0 Å². The first-order valence-electron chi connectivity index (χ1n) is 4.96. The number of hydrogen-bond acceptors (Lipinski definition) is 1. The van der Waals surface area contributed by atoms with E-state index in [1.165, 1.54) is 12.1 Å². The third kappa shape index (κ3) is 2.55. The third-order valence-electron chi connectivity index (χ3n) is 2.59. The predicted molar refractivity (Wildman–Crippen MR) is 55.7 cm³/mol. The predicted octanol–water partition coefficient (Wildman–Crippen LogP) is 2.95. The molecule has 1 aromatic carbocycles. The molecule has 1 nitrogen and oxygen atoms in total. The minimum Gasteiger partial charge on any atom is -0.392 e. The fourth-order valence-electron chi connectivity index (χ4n) is 1.54. The van der Waals surface area contributed by atoms with Crippen molar-refractivity contribution >= 4 is 0 Å². The van der Waals surface area contributed by atoms with Crippen molar-refractivity contribution in [1.82, 2.24) is 0 Å². The summed E-state index contributed by atoms with van der Waals surface area (Å²) in [6, 6.07) is 6.31. The van der Waals surface area contributed by atoms with Gasteiger partial charge in [-0.1, -0.05) is 32.9 Å².